The van der Waals surface area contributed by atoms with Gasteiger partial charge < -0.3 is 0 Å². The lowest BCUT2D eigenvalue weighted by atomic mass is 10.2. The van der Waals surface area contributed by atoms with Gasteiger partial charge >= 0.3 is 7.58 Å². The first-order valence-electron chi connectivity index (χ1n) is 6.00. The van der Waals surface area contributed by atoms with Crippen molar-refractivity contribution in [2.24, 2.45) is 0 Å². The summed E-state index contributed by atoms with van der Waals surface area (Å²) in [7, 11) is -0.784. The number of hydrogen-bond donors (Lipinski definition) is 0. The molecule has 4 heteroatoms. The van der Waals surface area contributed by atoms with E-state index >= 15 is 0 Å². The molecule has 0 bridgehead atoms. The Hall–Kier alpha value is -0.590. The molecule has 0 saturated carbocycles. The van der Waals surface area contributed by atoms with Crippen LogP contribution in [0.1, 0.15) is 27.7 Å². The van der Waals surface area contributed by atoms with Crippen molar-refractivity contribution in [3.63, 3.8) is 0 Å². The van der Waals surface area contributed by atoms with Crippen LogP contribution < -0.4 is 0 Å². The molecule has 0 aromatic heterocycles. The van der Waals surface area contributed by atoms with Crippen LogP contribution in [0.15, 0.2) is 36.1 Å². The lowest BCUT2D eigenvalue weighted by molar-refractivity contribution is -0.398. The van der Waals surface area contributed by atoms with Gasteiger partial charge in [-0.2, -0.15) is 4.35 Å². The van der Waals surface area contributed by atoms with Crippen molar-refractivity contribution in [3.05, 3.63) is 36.1 Å². The molecule has 92 valence electrons. The Bertz CT molecular complexity index is 433. The second kappa shape index (κ2) is 4.96. The fraction of sp³-hybridized carbons (Fsp3) is 0.462. The Morgan fingerprint density at radius 3 is 2.47 bits per heavy atom. The van der Waals surface area contributed by atoms with Crippen LogP contribution in [0.2, 0.25) is 0 Å². The van der Waals surface area contributed by atoms with Gasteiger partial charge in [0.05, 0.1) is 0 Å². The molecule has 0 amide bonds. The van der Waals surface area contributed by atoms with Gasteiger partial charge in [-0.1, -0.05) is 18.2 Å². The molecule has 1 atom stereocenters. The lowest BCUT2D eigenvalue weighted by Crippen LogP contribution is -2.23. The number of fused-ring (bicyclic) bond motifs is 1. The summed E-state index contributed by atoms with van der Waals surface area (Å²) in [5.74, 6) is 0. The Kier molecular flexibility index (Phi) is 3.75. The van der Waals surface area contributed by atoms with Gasteiger partial charge in [0.25, 0.3) is 0 Å². The van der Waals surface area contributed by atoms with E-state index in [2.05, 4.69) is 67.1 Å². The van der Waals surface area contributed by atoms with E-state index in [0.29, 0.717) is 12.1 Å². The fourth-order valence-corrected chi connectivity index (χ4v) is 5.33. The third kappa shape index (κ3) is 2.21. The van der Waals surface area contributed by atoms with Crippen LogP contribution >= 0.6 is 18.8 Å². The van der Waals surface area contributed by atoms with Crippen molar-refractivity contribution in [2.45, 2.75) is 39.8 Å². The summed E-state index contributed by atoms with van der Waals surface area (Å²) in [6, 6.07) is 0.840. The first-order chi connectivity index (χ1) is 8.04. The summed E-state index contributed by atoms with van der Waals surface area (Å²) in [6.45, 7) is 8.77. The van der Waals surface area contributed by atoms with Gasteiger partial charge in [0.1, 0.15) is 5.70 Å². The van der Waals surface area contributed by atoms with Gasteiger partial charge in [0.2, 0.25) is 5.71 Å². The summed E-state index contributed by atoms with van der Waals surface area (Å²) >= 11 is 6.66. The number of hydrogen-bond acceptors (Lipinski definition) is 1. The Morgan fingerprint density at radius 2 is 1.88 bits per heavy atom. The maximum Gasteiger partial charge on any atom is 0.398 e. The lowest BCUT2D eigenvalue weighted by Gasteiger charge is -2.22. The van der Waals surface area contributed by atoms with Crippen LogP contribution in [-0.4, -0.2) is 26.8 Å². The second-order valence-corrected chi connectivity index (χ2v) is 7.05. The smallest absolute Gasteiger partial charge is 0.274 e. The van der Waals surface area contributed by atoms with E-state index in [1.54, 1.807) is 0 Å². The quantitative estimate of drug-likeness (QED) is 0.686. The van der Waals surface area contributed by atoms with Gasteiger partial charge in [-0.05, 0) is 33.8 Å². The molecule has 2 aliphatic rings. The van der Waals surface area contributed by atoms with Crippen LogP contribution in [0.25, 0.3) is 0 Å². The van der Waals surface area contributed by atoms with Crippen molar-refractivity contribution >= 4 is 24.5 Å². The highest BCUT2D eigenvalue weighted by Gasteiger charge is 2.45. The van der Waals surface area contributed by atoms with Crippen LogP contribution in [0, 0.1) is 0 Å². The monoisotopic (exact) mass is 269 g/mol. The molecule has 17 heavy (non-hydrogen) atoms. The zero-order valence-corrected chi connectivity index (χ0v) is 12.4. The van der Waals surface area contributed by atoms with Crippen LogP contribution in [-0.2, 0) is 0 Å². The molecule has 1 unspecified atom stereocenters. The summed E-state index contributed by atoms with van der Waals surface area (Å²) in [6.07, 6.45) is 10.5. The van der Waals surface area contributed by atoms with Gasteiger partial charge in [-0.3, -0.25) is 4.67 Å². The molecule has 1 heterocycles. The number of nitrogens with zero attached hydrogens (tertiary/aromatic N) is 2. The highest BCUT2D eigenvalue weighted by Crippen LogP contribution is 2.56. The molecule has 2 nitrogen and oxygen atoms in total. The van der Waals surface area contributed by atoms with Crippen molar-refractivity contribution in [3.8, 4) is 0 Å². The zero-order chi connectivity index (χ0) is 12.6. The minimum Gasteiger partial charge on any atom is -0.274 e. The van der Waals surface area contributed by atoms with Crippen LogP contribution in [0.5, 0.6) is 0 Å². The van der Waals surface area contributed by atoms with E-state index in [1.807, 2.05) is 0 Å². The summed E-state index contributed by atoms with van der Waals surface area (Å²) in [5.41, 5.74) is 2.50. The third-order valence-electron chi connectivity index (χ3n) is 2.82. The molecule has 1 aliphatic carbocycles. The summed E-state index contributed by atoms with van der Waals surface area (Å²) in [4.78, 5) is 0. The maximum atomic E-state index is 6.66. The molecule has 0 aromatic carbocycles. The fourth-order valence-electron chi connectivity index (χ4n) is 2.13. The number of allylic oxidation sites excluding steroid dienone is 5. The third-order valence-corrected chi connectivity index (χ3v) is 5.86. The van der Waals surface area contributed by atoms with E-state index in [1.165, 1.54) is 11.4 Å². The predicted molar refractivity (Wildman–Crippen MR) is 76.5 cm³/mol. The largest absolute Gasteiger partial charge is 0.398 e. The molecule has 0 aromatic rings. The van der Waals surface area contributed by atoms with E-state index < -0.39 is 7.58 Å². The van der Waals surface area contributed by atoms with E-state index in [0.717, 1.165) is 0 Å². The van der Waals surface area contributed by atoms with Crippen LogP contribution in [0.3, 0.4) is 0 Å². The molecular weight excluding hydrogens is 251 g/mol. The molecule has 0 spiro atoms. The highest BCUT2D eigenvalue weighted by atomic mass is 35.7. The SMILES string of the molecule is CC(C)N1C2=CC=CC=CC2=[N+](C(C)C)P1Cl. The molecule has 0 fully saturated rings. The number of rotatable bonds is 2. The standard InChI is InChI=1S/C13H19ClN2P/c1-10(2)15-12-8-6-5-7-9-13(12)16(11(3)4)17(15)14/h5-11H,1-4H3/q+1. The molecule has 0 saturated heterocycles. The van der Waals surface area contributed by atoms with Crippen molar-refractivity contribution in [2.75, 3.05) is 0 Å². The minimum atomic E-state index is -0.784. The maximum absolute atomic E-state index is 6.66. The second-order valence-electron chi connectivity index (χ2n) is 4.80. The topological polar surface area (TPSA) is 6.25 Å². The Balaban J connectivity index is 2.54. The van der Waals surface area contributed by atoms with Gasteiger partial charge in [0, 0.05) is 23.4 Å². The molecular formula is C13H19ClN2P+. The first-order valence-corrected chi connectivity index (χ1v) is 8.15. The van der Waals surface area contributed by atoms with E-state index in [-0.39, 0.29) is 0 Å². The Morgan fingerprint density at radius 1 is 1.18 bits per heavy atom. The van der Waals surface area contributed by atoms with E-state index in [4.69, 9.17) is 11.2 Å². The number of halogens is 1. The van der Waals surface area contributed by atoms with E-state index in [9.17, 15) is 0 Å². The normalized spacial score (nSPS) is 23.6. The average molecular weight is 270 g/mol. The van der Waals surface area contributed by atoms with Crippen molar-refractivity contribution in [1.29, 1.82) is 0 Å². The molecule has 1 aliphatic heterocycles. The average Bonchev–Trinajstić information content (AvgIpc) is 2.39. The summed E-state index contributed by atoms with van der Waals surface area (Å²) in [5, 5.41) is 0. The minimum absolute atomic E-state index is 0.420. The predicted octanol–water partition coefficient (Wildman–Crippen LogP) is 4.05. The highest BCUT2D eigenvalue weighted by molar-refractivity contribution is 7.77. The van der Waals surface area contributed by atoms with Gasteiger partial charge in [0.15, 0.2) is 6.04 Å². The van der Waals surface area contributed by atoms with Gasteiger partial charge in [-0.25, -0.2) is 0 Å². The van der Waals surface area contributed by atoms with Gasteiger partial charge in [-0.15, -0.1) is 0 Å². The molecule has 2 rings (SSSR count). The molecule has 0 radical (unpaired) electrons. The molecule has 0 N–H and O–H groups in total. The van der Waals surface area contributed by atoms with Crippen molar-refractivity contribution in [1.82, 2.24) is 4.67 Å². The zero-order valence-electron chi connectivity index (χ0n) is 10.8. The first kappa shape index (κ1) is 12.9. The summed E-state index contributed by atoms with van der Waals surface area (Å²) < 4.78 is 4.65. The van der Waals surface area contributed by atoms with Crippen LogP contribution in [0.4, 0.5) is 0 Å². The van der Waals surface area contributed by atoms with Crippen molar-refractivity contribution < 1.29 is 4.35 Å². The Labute approximate surface area is 110 Å².